The lowest BCUT2D eigenvalue weighted by molar-refractivity contribution is 0.298. The molecule has 1 unspecified atom stereocenters. The van der Waals surface area contributed by atoms with E-state index < -0.39 is 21.5 Å². The van der Waals surface area contributed by atoms with Gasteiger partial charge in [0.15, 0.2) is 5.75 Å². The first-order valence-corrected chi connectivity index (χ1v) is 17.0. The van der Waals surface area contributed by atoms with E-state index in [4.69, 9.17) is 18.2 Å². The molecule has 0 saturated heterocycles. The van der Waals surface area contributed by atoms with E-state index in [1.54, 1.807) is 7.11 Å². The maximum Gasteiger partial charge on any atom is 0.301 e. The Kier molecular flexibility index (Phi) is 10.3. The second-order valence-corrected chi connectivity index (χ2v) is 12.7. The Morgan fingerprint density at radius 3 is 2.50 bits per heavy atom. The molecule has 0 amide bonds. The van der Waals surface area contributed by atoms with Crippen molar-refractivity contribution in [3.63, 3.8) is 0 Å². The summed E-state index contributed by atoms with van der Waals surface area (Å²) in [6.07, 6.45) is 4.77. The first-order valence-electron chi connectivity index (χ1n) is 14.4. The third kappa shape index (κ3) is 8.04. The average molecular weight is 638 g/mol. The van der Waals surface area contributed by atoms with Gasteiger partial charge in [0.1, 0.15) is 5.75 Å². The van der Waals surface area contributed by atoms with Crippen LogP contribution in [0, 0.1) is 0 Å². The minimum absolute atomic E-state index is 0.162. The second kappa shape index (κ2) is 14.4. The van der Waals surface area contributed by atoms with E-state index in [1.165, 1.54) is 0 Å². The van der Waals surface area contributed by atoms with Crippen LogP contribution in [0.4, 0.5) is 5.69 Å². The highest BCUT2D eigenvalue weighted by molar-refractivity contribution is 7.85. The SMILES string of the molecule is COc1ccc2c(CCCCS(=O)(=O)O)c(/C=C3\Oc4ccc(-c5ccccc5)cc4N3CCCCOS(=O)O)ccc2c1. The Bertz CT molecular complexity index is 1770. The van der Waals surface area contributed by atoms with Gasteiger partial charge in [0.25, 0.3) is 10.1 Å². The monoisotopic (exact) mass is 637 g/mol. The molecule has 0 aromatic heterocycles. The minimum Gasteiger partial charge on any atom is -0.497 e. The number of ether oxygens (including phenoxy) is 2. The van der Waals surface area contributed by atoms with Crippen molar-refractivity contribution in [3.8, 4) is 22.6 Å². The van der Waals surface area contributed by atoms with Crippen LogP contribution in [0.2, 0.25) is 0 Å². The molecule has 4 aromatic rings. The Labute approximate surface area is 260 Å². The van der Waals surface area contributed by atoms with Gasteiger partial charge in [0.2, 0.25) is 5.88 Å². The highest BCUT2D eigenvalue weighted by atomic mass is 32.2. The van der Waals surface area contributed by atoms with E-state index in [1.807, 2.05) is 66.7 Å². The maximum atomic E-state index is 11.3. The molecule has 1 heterocycles. The summed E-state index contributed by atoms with van der Waals surface area (Å²) in [5.41, 5.74) is 5.03. The van der Waals surface area contributed by atoms with Crippen molar-refractivity contribution in [1.29, 1.82) is 0 Å². The van der Waals surface area contributed by atoms with Crippen molar-refractivity contribution < 1.29 is 35.4 Å². The molecule has 0 spiro atoms. The quantitative estimate of drug-likeness (QED) is 0.0868. The zero-order valence-electron chi connectivity index (χ0n) is 24.3. The van der Waals surface area contributed by atoms with Gasteiger partial charge < -0.3 is 14.4 Å². The van der Waals surface area contributed by atoms with Crippen molar-refractivity contribution in [1.82, 2.24) is 0 Å². The van der Waals surface area contributed by atoms with Crippen molar-refractivity contribution in [2.75, 3.05) is 30.9 Å². The summed E-state index contributed by atoms with van der Waals surface area (Å²) in [6, 6.07) is 26.1. The molecule has 0 bridgehead atoms. The van der Waals surface area contributed by atoms with Crippen LogP contribution in [-0.4, -0.2) is 47.7 Å². The third-order valence-corrected chi connectivity index (χ3v) is 8.70. The van der Waals surface area contributed by atoms with Gasteiger partial charge in [-0.1, -0.05) is 54.6 Å². The van der Waals surface area contributed by atoms with Gasteiger partial charge in [-0.15, -0.1) is 0 Å². The van der Waals surface area contributed by atoms with Crippen LogP contribution in [0.5, 0.6) is 11.5 Å². The van der Waals surface area contributed by atoms with Crippen molar-refractivity contribution >= 4 is 44.0 Å². The summed E-state index contributed by atoms with van der Waals surface area (Å²) in [5.74, 6) is 1.82. The maximum absolute atomic E-state index is 11.3. The molecule has 1 atom stereocenters. The molecule has 1 aliphatic rings. The Hall–Kier alpha value is -3.74. The molecule has 232 valence electrons. The molecular weight excluding hydrogens is 602 g/mol. The van der Waals surface area contributed by atoms with Crippen molar-refractivity contribution in [3.05, 3.63) is 95.9 Å². The molecule has 0 fully saturated rings. The van der Waals surface area contributed by atoms with Gasteiger partial charge in [-0.3, -0.25) is 13.3 Å². The van der Waals surface area contributed by atoms with E-state index in [0.29, 0.717) is 44.5 Å². The van der Waals surface area contributed by atoms with Crippen LogP contribution in [0.25, 0.3) is 28.0 Å². The van der Waals surface area contributed by atoms with Crippen LogP contribution in [0.3, 0.4) is 0 Å². The first kappa shape index (κ1) is 31.7. The van der Waals surface area contributed by atoms with Crippen LogP contribution in [-0.2, 0) is 32.1 Å². The Morgan fingerprint density at radius 2 is 1.75 bits per heavy atom. The number of nitrogens with zero attached hydrogens (tertiary/aromatic N) is 1. The number of benzene rings is 4. The van der Waals surface area contributed by atoms with E-state index in [-0.39, 0.29) is 12.4 Å². The van der Waals surface area contributed by atoms with E-state index in [0.717, 1.165) is 50.2 Å². The zero-order chi connectivity index (χ0) is 31.1. The number of hydrogen-bond donors (Lipinski definition) is 2. The smallest absolute Gasteiger partial charge is 0.301 e. The molecule has 44 heavy (non-hydrogen) atoms. The molecule has 11 heteroatoms. The van der Waals surface area contributed by atoms with Crippen LogP contribution in [0.15, 0.2) is 84.7 Å². The van der Waals surface area contributed by atoms with Crippen LogP contribution >= 0.6 is 0 Å². The normalized spacial score (nSPS) is 14.5. The summed E-state index contributed by atoms with van der Waals surface area (Å²) in [7, 11) is -2.41. The number of anilines is 1. The molecule has 4 aromatic carbocycles. The molecule has 0 saturated carbocycles. The summed E-state index contributed by atoms with van der Waals surface area (Å²) >= 11 is -2.30. The number of unbranched alkanes of at least 4 members (excludes halogenated alkanes) is 2. The summed E-state index contributed by atoms with van der Waals surface area (Å²) in [6.45, 7) is 0.753. The zero-order valence-corrected chi connectivity index (χ0v) is 26.0. The fourth-order valence-electron chi connectivity index (χ4n) is 5.40. The number of fused-ring (bicyclic) bond motifs is 2. The Morgan fingerprint density at radius 1 is 0.932 bits per heavy atom. The number of aryl methyl sites for hydroxylation is 1. The second-order valence-electron chi connectivity index (χ2n) is 10.5. The lowest BCUT2D eigenvalue weighted by atomic mass is 9.94. The lowest BCUT2D eigenvalue weighted by Crippen LogP contribution is -2.22. The molecule has 9 nitrogen and oxygen atoms in total. The molecule has 0 aliphatic carbocycles. The lowest BCUT2D eigenvalue weighted by Gasteiger charge is -2.20. The van der Waals surface area contributed by atoms with Gasteiger partial charge in [0, 0.05) is 12.6 Å². The first-order chi connectivity index (χ1) is 21.2. The third-order valence-electron chi connectivity index (χ3n) is 7.53. The topological polar surface area (TPSA) is 123 Å². The summed E-state index contributed by atoms with van der Waals surface area (Å²) in [4.78, 5) is 2.11. The van der Waals surface area contributed by atoms with Gasteiger partial charge >= 0.3 is 11.4 Å². The molecule has 0 radical (unpaired) electrons. The van der Waals surface area contributed by atoms with E-state index in [2.05, 4.69) is 23.1 Å². The predicted octanol–water partition coefficient (Wildman–Crippen LogP) is 6.86. The fourth-order valence-corrected chi connectivity index (χ4v) is 6.23. The number of methoxy groups -OCH3 is 1. The standard InChI is InChI=1S/C33H35NO8S2/c1-40-28-15-16-30-26(21-28)12-13-27(29(30)11-5-8-20-44(37,38)39)23-33-34(18-6-7-19-41-43(35)36)31-22-25(14-17-32(31)42-33)24-9-3-2-4-10-24/h2-4,9-10,12-17,21-23H,5-8,11,18-20H2,1H3,(H,35,36)(H,37,38,39)/b33-23-. The number of rotatable bonds is 14. The largest absolute Gasteiger partial charge is 0.497 e. The minimum atomic E-state index is -4.03. The van der Waals surface area contributed by atoms with Crippen LogP contribution in [0.1, 0.15) is 36.8 Å². The van der Waals surface area contributed by atoms with E-state index >= 15 is 0 Å². The predicted molar refractivity (Wildman–Crippen MR) is 174 cm³/mol. The highest BCUT2D eigenvalue weighted by Gasteiger charge is 2.27. The molecule has 2 N–H and O–H groups in total. The fraction of sp³-hybridized carbons (Fsp3) is 0.273. The molecular formula is C33H35NO8S2. The van der Waals surface area contributed by atoms with Crippen molar-refractivity contribution in [2.24, 2.45) is 0 Å². The number of hydrogen-bond acceptors (Lipinski definition) is 7. The summed E-state index contributed by atoms with van der Waals surface area (Å²) < 4.78 is 68.4. The average Bonchev–Trinajstić information content (AvgIpc) is 3.35. The van der Waals surface area contributed by atoms with Gasteiger partial charge in [-0.25, -0.2) is 0 Å². The van der Waals surface area contributed by atoms with Gasteiger partial charge in [0.05, 0.1) is 25.2 Å². The van der Waals surface area contributed by atoms with Gasteiger partial charge in [-0.05, 0) is 89.4 Å². The Balaban J connectivity index is 1.50. The van der Waals surface area contributed by atoms with Gasteiger partial charge in [-0.2, -0.15) is 12.6 Å². The molecule has 5 rings (SSSR count). The van der Waals surface area contributed by atoms with Crippen LogP contribution < -0.4 is 14.4 Å². The molecule has 1 aliphatic heterocycles. The van der Waals surface area contributed by atoms with Crippen molar-refractivity contribution in [2.45, 2.75) is 32.1 Å². The highest BCUT2D eigenvalue weighted by Crippen LogP contribution is 2.43. The summed E-state index contributed by atoms with van der Waals surface area (Å²) in [5, 5.41) is 2.02. The van der Waals surface area contributed by atoms with E-state index in [9.17, 15) is 17.2 Å².